The highest BCUT2D eigenvalue weighted by Crippen LogP contribution is 2.31. The summed E-state index contributed by atoms with van der Waals surface area (Å²) in [7, 11) is 0. The van der Waals surface area contributed by atoms with Crippen LogP contribution in [0.3, 0.4) is 0 Å². The molecule has 9 heteroatoms. The van der Waals surface area contributed by atoms with E-state index >= 15 is 0 Å². The molecule has 2 aromatic heterocycles. The first-order chi connectivity index (χ1) is 12.0. The Kier molecular flexibility index (Phi) is 3.62. The number of hydrogen-bond donors (Lipinski definition) is 2. The van der Waals surface area contributed by atoms with Gasteiger partial charge in [-0.25, -0.2) is 4.98 Å². The zero-order valence-corrected chi connectivity index (χ0v) is 14.7. The summed E-state index contributed by atoms with van der Waals surface area (Å²) in [6.07, 6.45) is 0. The van der Waals surface area contributed by atoms with E-state index in [0.29, 0.717) is 5.69 Å². The van der Waals surface area contributed by atoms with E-state index in [0.717, 1.165) is 26.4 Å². The van der Waals surface area contributed by atoms with Crippen molar-refractivity contribution in [1.29, 1.82) is 0 Å². The highest BCUT2D eigenvalue weighted by molar-refractivity contribution is 8.01. The van der Waals surface area contributed by atoms with Gasteiger partial charge in [0, 0.05) is 6.07 Å². The summed E-state index contributed by atoms with van der Waals surface area (Å²) in [6, 6.07) is 6.49. The van der Waals surface area contributed by atoms with Gasteiger partial charge in [0.15, 0.2) is 4.34 Å². The number of carbonyl (C=O) groups is 2. The van der Waals surface area contributed by atoms with Crippen molar-refractivity contribution in [3.8, 4) is 5.69 Å². The van der Waals surface area contributed by atoms with Gasteiger partial charge >= 0.3 is 0 Å². The van der Waals surface area contributed by atoms with Gasteiger partial charge in [0.25, 0.3) is 17.4 Å². The molecule has 0 saturated heterocycles. The highest BCUT2D eigenvalue weighted by atomic mass is 32.2. The third-order valence-corrected chi connectivity index (χ3v) is 5.88. The molecule has 0 spiro atoms. The van der Waals surface area contributed by atoms with Gasteiger partial charge in [-0.2, -0.15) is 0 Å². The van der Waals surface area contributed by atoms with Crippen molar-refractivity contribution in [3.63, 3.8) is 0 Å². The number of nitrogen functional groups attached to an aromatic ring is 1. The number of amides is 2. The van der Waals surface area contributed by atoms with Crippen molar-refractivity contribution in [3.05, 3.63) is 45.7 Å². The molecule has 0 unspecified atom stereocenters. The number of anilines is 1. The quantitative estimate of drug-likeness (QED) is 0.538. The van der Waals surface area contributed by atoms with Crippen molar-refractivity contribution in [2.45, 2.75) is 11.3 Å². The molecule has 4 rings (SSSR count). The van der Waals surface area contributed by atoms with Crippen LogP contribution in [0.1, 0.15) is 27.6 Å². The third-order valence-electron chi connectivity index (χ3n) is 3.83. The van der Waals surface area contributed by atoms with Crippen molar-refractivity contribution in [2.75, 3.05) is 11.5 Å². The average Bonchev–Trinajstić information content (AvgIpc) is 3.08. The molecular weight excluding hydrogens is 360 g/mol. The fourth-order valence-corrected chi connectivity index (χ4v) is 4.76. The Balaban J connectivity index is 1.92. The summed E-state index contributed by atoms with van der Waals surface area (Å²) in [5, 5.41) is 2.16. The van der Waals surface area contributed by atoms with Crippen molar-refractivity contribution in [1.82, 2.24) is 14.9 Å². The number of thiazole rings is 1. The number of rotatable bonds is 3. The molecule has 0 fully saturated rings. The van der Waals surface area contributed by atoms with E-state index in [2.05, 4.69) is 17.2 Å². The monoisotopic (exact) mass is 372 g/mol. The van der Waals surface area contributed by atoms with Crippen LogP contribution in [-0.2, 0) is 0 Å². The fourth-order valence-electron chi connectivity index (χ4n) is 2.76. The summed E-state index contributed by atoms with van der Waals surface area (Å²) >= 11 is 3.18. The van der Waals surface area contributed by atoms with E-state index in [1.54, 1.807) is 17.8 Å². The number of carbonyl (C=O) groups excluding carboxylic acids is 2. The molecule has 1 aromatic carbocycles. The lowest BCUT2D eigenvalue weighted by Crippen LogP contribution is -2.24. The van der Waals surface area contributed by atoms with Crippen LogP contribution in [0.4, 0.5) is 5.82 Å². The van der Waals surface area contributed by atoms with Gasteiger partial charge in [-0.3, -0.25) is 24.3 Å². The summed E-state index contributed by atoms with van der Waals surface area (Å²) < 4.78 is 3.11. The topological polar surface area (TPSA) is 107 Å². The van der Waals surface area contributed by atoms with Gasteiger partial charge in [-0.15, -0.1) is 11.3 Å². The maximum absolute atomic E-state index is 12.5. The molecule has 0 saturated carbocycles. The molecule has 1 aliphatic rings. The molecule has 0 atom stereocenters. The number of hydrogen-bond acceptors (Lipinski definition) is 7. The average molecular weight is 372 g/mol. The normalized spacial score (nSPS) is 13.3. The SMILES string of the molecule is CCSc1nc2ccc(-n3c(N)c4c(cc3=O)C(=O)NC4=O)cc2s1. The van der Waals surface area contributed by atoms with Crippen LogP contribution < -0.4 is 16.6 Å². The number of thioether (sulfide) groups is 1. The van der Waals surface area contributed by atoms with Gasteiger partial charge < -0.3 is 5.73 Å². The van der Waals surface area contributed by atoms with E-state index in [9.17, 15) is 14.4 Å². The van der Waals surface area contributed by atoms with Crippen LogP contribution in [0.25, 0.3) is 15.9 Å². The Morgan fingerprint density at radius 1 is 1.24 bits per heavy atom. The second-order valence-corrected chi connectivity index (χ2v) is 7.88. The zero-order valence-electron chi connectivity index (χ0n) is 13.0. The second kappa shape index (κ2) is 5.71. The van der Waals surface area contributed by atoms with Crippen molar-refractivity contribution >= 4 is 50.9 Å². The first-order valence-corrected chi connectivity index (χ1v) is 9.24. The Morgan fingerprint density at radius 3 is 2.80 bits per heavy atom. The first kappa shape index (κ1) is 15.9. The minimum Gasteiger partial charge on any atom is -0.384 e. The lowest BCUT2D eigenvalue weighted by Gasteiger charge is -2.11. The molecular formula is C16H12N4O3S2. The van der Waals surface area contributed by atoms with Gasteiger partial charge in [0.2, 0.25) is 0 Å². The molecule has 126 valence electrons. The van der Waals surface area contributed by atoms with Crippen molar-refractivity contribution < 1.29 is 9.59 Å². The van der Waals surface area contributed by atoms with Crippen LogP contribution in [0.15, 0.2) is 33.4 Å². The minimum absolute atomic E-state index is 0.0178. The molecule has 0 bridgehead atoms. The minimum atomic E-state index is -0.602. The first-order valence-electron chi connectivity index (χ1n) is 7.44. The lowest BCUT2D eigenvalue weighted by atomic mass is 10.1. The van der Waals surface area contributed by atoms with Crippen LogP contribution in [0.5, 0.6) is 0 Å². The lowest BCUT2D eigenvalue weighted by molar-refractivity contribution is 0.0880. The summed E-state index contributed by atoms with van der Waals surface area (Å²) in [5.74, 6) is -0.313. The van der Waals surface area contributed by atoms with Gasteiger partial charge in [0.05, 0.1) is 27.0 Å². The van der Waals surface area contributed by atoms with Gasteiger partial charge in [0.1, 0.15) is 5.82 Å². The standard InChI is InChI=1S/C16H12N4O3S2/c1-2-24-16-18-9-4-3-7(5-10(9)25-16)20-11(21)6-8-12(13(20)17)15(23)19-14(8)22/h3-6H,2,17H2,1H3,(H,19,22,23). The molecule has 0 aliphatic carbocycles. The van der Waals surface area contributed by atoms with Gasteiger partial charge in [-0.1, -0.05) is 18.7 Å². The van der Waals surface area contributed by atoms with Crippen molar-refractivity contribution in [2.24, 2.45) is 0 Å². The molecule has 2 amide bonds. The summed E-state index contributed by atoms with van der Waals surface area (Å²) in [5.41, 5.74) is 7.01. The van der Waals surface area contributed by atoms with Crippen LogP contribution in [0.2, 0.25) is 0 Å². The predicted octanol–water partition coefficient (Wildman–Crippen LogP) is 2.03. The number of nitrogens with zero attached hydrogens (tertiary/aromatic N) is 2. The second-order valence-electron chi connectivity index (χ2n) is 5.34. The van der Waals surface area contributed by atoms with Crippen LogP contribution in [-0.4, -0.2) is 27.1 Å². The number of aromatic nitrogens is 2. The number of fused-ring (bicyclic) bond motifs is 2. The van der Waals surface area contributed by atoms with Gasteiger partial charge in [-0.05, 0) is 24.0 Å². The van der Waals surface area contributed by atoms with Crippen LogP contribution >= 0.6 is 23.1 Å². The Labute approximate surface area is 149 Å². The van der Waals surface area contributed by atoms with E-state index in [4.69, 9.17) is 5.73 Å². The number of benzene rings is 1. The summed E-state index contributed by atoms with van der Waals surface area (Å²) in [6.45, 7) is 2.05. The Morgan fingerprint density at radius 2 is 2.04 bits per heavy atom. The molecule has 7 nitrogen and oxygen atoms in total. The van der Waals surface area contributed by atoms with E-state index < -0.39 is 17.4 Å². The van der Waals surface area contributed by atoms with E-state index in [1.807, 2.05) is 12.1 Å². The molecule has 25 heavy (non-hydrogen) atoms. The third kappa shape index (κ3) is 2.43. The van der Waals surface area contributed by atoms with Crippen LogP contribution in [0, 0.1) is 0 Å². The Bertz CT molecular complexity index is 1120. The zero-order chi connectivity index (χ0) is 17.7. The smallest absolute Gasteiger partial charge is 0.262 e. The van der Waals surface area contributed by atoms with E-state index in [-0.39, 0.29) is 16.9 Å². The number of imide groups is 1. The van der Waals surface area contributed by atoms with E-state index in [1.165, 1.54) is 15.9 Å². The Hall–Kier alpha value is -2.65. The molecule has 3 N–H and O–H groups in total. The number of nitrogens with two attached hydrogens (primary N) is 1. The highest BCUT2D eigenvalue weighted by Gasteiger charge is 2.31. The largest absolute Gasteiger partial charge is 0.384 e. The molecule has 3 aromatic rings. The molecule has 1 aliphatic heterocycles. The summed E-state index contributed by atoms with van der Waals surface area (Å²) in [4.78, 5) is 40.7. The molecule has 0 radical (unpaired) electrons. The predicted molar refractivity (Wildman–Crippen MR) is 97.8 cm³/mol. The number of nitrogens with one attached hydrogen (secondary N) is 1. The number of pyridine rings is 1. The molecule has 3 heterocycles. The maximum Gasteiger partial charge on any atom is 0.262 e. The fraction of sp³-hybridized carbons (Fsp3) is 0.125. The maximum atomic E-state index is 12.5.